The van der Waals surface area contributed by atoms with Gasteiger partial charge in [0.2, 0.25) is 5.69 Å². The normalized spacial score (nSPS) is 10.5. The number of nitrogens with one attached hydrogen (secondary N) is 2. The number of nitrogens with two attached hydrogens (primary N) is 1. The SMILES string of the molecule is COC(=O)c1cc(C(=O)NCc2cccc(OC)c2)nc(/[NH+]=C\N)n1. The largest absolute Gasteiger partial charge is 0.497 e. The number of carbonyl (C=O) groups excluding carboxylic acids is 2. The monoisotopic (exact) mass is 344 g/mol. The maximum Gasteiger partial charge on any atom is 0.383 e. The molecule has 9 nitrogen and oxygen atoms in total. The van der Waals surface area contributed by atoms with Gasteiger partial charge in [0.05, 0.1) is 14.2 Å². The van der Waals surface area contributed by atoms with Crippen LogP contribution in [0.4, 0.5) is 5.95 Å². The summed E-state index contributed by atoms with van der Waals surface area (Å²) < 4.78 is 9.75. The molecule has 0 aliphatic carbocycles. The molecule has 0 aliphatic rings. The summed E-state index contributed by atoms with van der Waals surface area (Å²) in [5.74, 6) is -0.469. The molecule has 0 spiro atoms. The molecule has 0 fully saturated rings. The van der Waals surface area contributed by atoms with Crippen LogP contribution in [0.15, 0.2) is 30.3 Å². The van der Waals surface area contributed by atoms with E-state index in [0.29, 0.717) is 5.75 Å². The number of ether oxygens (including phenoxy) is 2. The van der Waals surface area contributed by atoms with E-state index in [-0.39, 0.29) is 23.9 Å². The van der Waals surface area contributed by atoms with Crippen molar-refractivity contribution in [3.05, 3.63) is 47.3 Å². The van der Waals surface area contributed by atoms with Gasteiger partial charge in [0.15, 0.2) is 12.0 Å². The standard InChI is InChI=1S/C16H17N5O4/c1-24-11-5-3-4-10(6-11)8-18-14(22)12-7-13(15(23)25-2)21-16(20-12)19-9-17/h3-7,9H,8H2,1-2H3,(H,18,22)(H2,17,19,20,21)/p+1. The highest BCUT2D eigenvalue weighted by atomic mass is 16.5. The topological polar surface area (TPSA) is 130 Å². The molecule has 9 heteroatoms. The third kappa shape index (κ3) is 4.74. The van der Waals surface area contributed by atoms with Crippen molar-refractivity contribution in [2.24, 2.45) is 5.73 Å². The second-order valence-electron chi connectivity index (χ2n) is 4.80. The molecule has 1 amide bonds. The van der Waals surface area contributed by atoms with Crippen LogP contribution in [0.3, 0.4) is 0 Å². The highest BCUT2D eigenvalue weighted by Gasteiger charge is 2.20. The summed E-state index contributed by atoms with van der Waals surface area (Å²) in [4.78, 5) is 34.5. The Kier molecular flexibility index (Phi) is 5.99. The zero-order chi connectivity index (χ0) is 18.2. The average molecular weight is 344 g/mol. The summed E-state index contributed by atoms with van der Waals surface area (Å²) in [6.07, 6.45) is 1.09. The molecule has 1 aromatic heterocycles. The smallest absolute Gasteiger partial charge is 0.383 e. The number of nitrogens with zero attached hydrogens (tertiary/aromatic N) is 2. The van der Waals surface area contributed by atoms with E-state index < -0.39 is 11.9 Å². The molecular formula is C16H18N5O4+. The first kappa shape index (κ1) is 17.9. The molecule has 130 valence electrons. The van der Waals surface area contributed by atoms with Crippen LogP contribution in [0.1, 0.15) is 26.5 Å². The zero-order valence-electron chi connectivity index (χ0n) is 13.8. The first-order valence-corrected chi connectivity index (χ1v) is 7.26. The number of esters is 1. The van der Waals surface area contributed by atoms with Gasteiger partial charge in [0.25, 0.3) is 5.91 Å². The zero-order valence-corrected chi connectivity index (χ0v) is 13.8. The maximum absolute atomic E-state index is 12.3. The number of carbonyl (C=O) groups is 2. The number of hydrogen-bond acceptors (Lipinski definition) is 6. The predicted molar refractivity (Wildman–Crippen MR) is 88.4 cm³/mol. The first-order valence-electron chi connectivity index (χ1n) is 7.26. The molecule has 2 aromatic rings. The summed E-state index contributed by atoms with van der Waals surface area (Å²) in [6.45, 7) is 0.263. The fourth-order valence-electron chi connectivity index (χ4n) is 1.97. The van der Waals surface area contributed by atoms with Crippen molar-refractivity contribution in [2.45, 2.75) is 6.54 Å². The summed E-state index contributed by atoms with van der Waals surface area (Å²) in [6, 6.07) is 8.52. The molecule has 25 heavy (non-hydrogen) atoms. The van der Waals surface area contributed by atoms with Gasteiger partial charge in [0.1, 0.15) is 5.75 Å². The number of aromatic nitrogens is 2. The van der Waals surface area contributed by atoms with E-state index in [9.17, 15) is 9.59 Å². The van der Waals surface area contributed by atoms with Crippen LogP contribution in [-0.2, 0) is 11.3 Å². The first-order chi connectivity index (χ1) is 12.1. The summed E-state index contributed by atoms with van der Waals surface area (Å²) in [5, 5.41) is 2.71. The number of amides is 1. The number of benzene rings is 1. The van der Waals surface area contributed by atoms with E-state index >= 15 is 0 Å². The Balaban J connectivity index is 2.19. The number of hydrogen-bond donors (Lipinski definition) is 3. The number of rotatable bonds is 6. The van der Waals surface area contributed by atoms with Crippen LogP contribution in [0.25, 0.3) is 0 Å². The van der Waals surface area contributed by atoms with Gasteiger partial charge in [0, 0.05) is 12.6 Å². The van der Waals surface area contributed by atoms with Crippen molar-refractivity contribution >= 4 is 24.2 Å². The van der Waals surface area contributed by atoms with Crippen molar-refractivity contribution in [3.8, 4) is 5.75 Å². The third-order valence-corrected chi connectivity index (χ3v) is 3.15. The lowest BCUT2D eigenvalue weighted by Gasteiger charge is -2.06. The van der Waals surface area contributed by atoms with Gasteiger partial charge in [-0.3, -0.25) is 4.79 Å². The molecule has 0 aliphatic heterocycles. The second kappa shape index (κ2) is 8.39. The van der Waals surface area contributed by atoms with Crippen LogP contribution in [0.5, 0.6) is 5.75 Å². The summed E-state index contributed by atoms with van der Waals surface area (Å²) in [5.41, 5.74) is 6.05. The summed E-state index contributed by atoms with van der Waals surface area (Å²) >= 11 is 0. The molecule has 0 saturated carbocycles. The van der Waals surface area contributed by atoms with Crippen LogP contribution in [0.2, 0.25) is 0 Å². The van der Waals surface area contributed by atoms with Gasteiger partial charge >= 0.3 is 11.9 Å². The lowest BCUT2D eigenvalue weighted by Crippen LogP contribution is -2.65. The average Bonchev–Trinajstić information content (AvgIpc) is 2.65. The van der Waals surface area contributed by atoms with Crippen LogP contribution >= 0.6 is 0 Å². The van der Waals surface area contributed by atoms with Crippen molar-refractivity contribution in [1.29, 1.82) is 0 Å². The molecule has 0 radical (unpaired) electrons. The van der Waals surface area contributed by atoms with E-state index in [2.05, 4.69) is 25.0 Å². The molecular weight excluding hydrogens is 326 g/mol. The minimum atomic E-state index is -0.690. The fraction of sp³-hybridized carbons (Fsp3) is 0.188. The fourth-order valence-corrected chi connectivity index (χ4v) is 1.97. The molecule has 2 rings (SSSR count). The van der Waals surface area contributed by atoms with Crippen LogP contribution in [0, 0.1) is 0 Å². The number of methoxy groups -OCH3 is 2. The molecule has 0 saturated heterocycles. The Morgan fingerprint density at radius 2 is 2.00 bits per heavy atom. The van der Waals surface area contributed by atoms with E-state index in [1.54, 1.807) is 19.2 Å². The van der Waals surface area contributed by atoms with E-state index in [4.69, 9.17) is 10.5 Å². The van der Waals surface area contributed by atoms with Crippen molar-refractivity contribution in [1.82, 2.24) is 15.3 Å². The molecule has 0 unspecified atom stereocenters. The minimum absolute atomic E-state index is 0.00245. The van der Waals surface area contributed by atoms with Gasteiger partial charge in [-0.25, -0.2) is 9.79 Å². The van der Waals surface area contributed by atoms with Crippen molar-refractivity contribution in [2.75, 3.05) is 14.2 Å². The Morgan fingerprint density at radius 3 is 2.68 bits per heavy atom. The Hall–Kier alpha value is -3.49. The Morgan fingerprint density at radius 1 is 1.24 bits per heavy atom. The quantitative estimate of drug-likeness (QED) is 0.344. The molecule has 1 aromatic carbocycles. The molecule has 1 heterocycles. The Bertz CT molecular complexity index is 807. The lowest BCUT2D eigenvalue weighted by atomic mass is 10.2. The minimum Gasteiger partial charge on any atom is -0.497 e. The Labute approximate surface area is 143 Å². The van der Waals surface area contributed by atoms with Crippen LogP contribution in [-0.4, -0.2) is 42.4 Å². The van der Waals surface area contributed by atoms with Gasteiger partial charge < -0.3 is 20.5 Å². The lowest BCUT2D eigenvalue weighted by molar-refractivity contribution is -0.359. The van der Waals surface area contributed by atoms with Gasteiger partial charge in [-0.1, -0.05) is 22.1 Å². The molecule has 0 bridgehead atoms. The summed E-state index contributed by atoms with van der Waals surface area (Å²) in [7, 11) is 2.78. The van der Waals surface area contributed by atoms with Gasteiger partial charge in [-0.15, -0.1) is 0 Å². The maximum atomic E-state index is 12.3. The van der Waals surface area contributed by atoms with Crippen molar-refractivity contribution < 1.29 is 24.1 Å². The predicted octanol–water partition coefficient (Wildman–Crippen LogP) is -1.10. The van der Waals surface area contributed by atoms with E-state index in [1.807, 2.05) is 12.1 Å². The highest BCUT2D eigenvalue weighted by Crippen LogP contribution is 2.12. The third-order valence-electron chi connectivity index (χ3n) is 3.15. The van der Waals surface area contributed by atoms with E-state index in [1.165, 1.54) is 13.2 Å². The van der Waals surface area contributed by atoms with Crippen LogP contribution < -0.4 is 20.8 Å². The second-order valence-corrected chi connectivity index (χ2v) is 4.80. The van der Waals surface area contributed by atoms with Gasteiger partial charge in [-0.05, 0) is 17.7 Å². The van der Waals surface area contributed by atoms with Crippen molar-refractivity contribution in [3.63, 3.8) is 0 Å². The molecule has 0 atom stereocenters. The van der Waals surface area contributed by atoms with E-state index in [0.717, 1.165) is 11.9 Å². The molecule has 4 N–H and O–H groups in total. The van der Waals surface area contributed by atoms with Gasteiger partial charge in [-0.2, -0.15) is 0 Å². The highest BCUT2D eigenvalue weighted by molar-refractivity contribution is 5.95.